The molecule has 0 bridgehead atoms. The van der Waals surface area contributed by atoms with Gasteiger partial charge in [0.15, 0.2) is 0 Å². The minimum absolute atomic E-state index is 0.0274. The van der Waals surface area contributed by atoms with Gasteiger partial charge in [-0.15, -0.1) is 0 Å². The lowest BCUT2D eigenvalue weighted by atomic mass is 10.3. The van der Waals surface area contributed by atoms with Crippen LogP contribution in [0.15, 0.2) is 0 Å². The molecule has 1 heterocycles. The molecule has 0 aromatic carbocycles. The van der Waals surface area contributed by atoms with E-state index in [9.17, 15) is 12.8 Å². The molecular weight excluding hydrogens is 193 g/mol. The number of hydrogen-bond acceptors (Lipinski definition) is 2. The summed E-state index contributed by atoms with van der Waals surface area (Å²) >= 11 is 0. The maximum atomic E-state index is 12.8. The predicted molar refractivity (Wildman–Crippen MR) is 49.8 cm³/mol. The van der Waals surface area contributed by atoms with Crippen LogP contribution < -0.4 is 0 Å². The van der Waals surface area contributed by atoms with E-state index in [0.717, 1.165) is 0 Å². The average Bonchev–Trinajstić information content (AvgIpc) is 2.33. The van der Waals surface area contributed by atoms with E-state index in [4.69, 9.17) is 0 Å². The molecule has 0 unspecified atom stereocenters. The van der Waals surface area contributed by atoms with Crippen molar-refractivity contribution in [2.45, 2.75) is 38.1 Å². The van der Waals surface area contributed by atoms with Gasteiger partial charge in [-0.05, 0) is 27.2 Å². The van der Waals surface area contributed by atoms with Crippen molar-refractivity contribution in [2.24, 2.45) is 0 Å². The molecule has 0 spiro atoms. The summed E-state index contributed by atoms with van der Waals surface area (Å²) in [5.74, 6) is 0. The fraction of sp³-hybridized carbons (Fsp3) is 1.00. The summed E-state index contributed by atoms with van der Waals surface area (Å²) in [5.41, 5.74) is 0. The first-order chi connectivity index (χ1) is 5.75. The number of sulfonamides is 1. The Morgan fingerprint density at radius 1 is 1.38 bits per heavy atom. The summed E-state index contributed by atoms with van der Waals surface area (Å²) in [4.78, 5) is 0. The standard InChI is InChI=1S/C8H16FNO2S/c1-8(2,3)13(11,12)10-5-4-7(9)6-10/h7H,4-6H2,1-3H3/t7-/m1/s1. The molecule has 1 saturated heterocycles. The molecule has 5 heteroatoms. The first-order valence-corrected chi connectivity index (χ1v) is 5.83. The van der Waals surface area contributed by atoms with Crippen LogP contribution in [0.3, 0.4) is 0 Å². The molecule has 0 saturated carbocycles. The molecule has 0 amide bonds. The van der Waals surface area contributed by atoms with Gasteiger partial charge < -0.3 is 0 Å². The van der Waals surface area contributed by atoms with Crippen molar-refractivity contribution in [3.8, 4) is 0 Å². The van der Waals surface area contributed by atoms with Gasteiger partial charge in [0, 0.05) is 13.1 Å². The van der Waals surface area contributed by atoms with Crippen LogP contribution in [0.4, 0.5) is 4.39 Å². The third kappa shape index (κ3) is 2.02. The summed E-state index contributed by atoms with van der Waals surface area (Å²) in [6.07, 6.45) is -0.660. The molecular formula is C8H16FNO2S. The summed E-state index contributed by atoms with van der Waals surface area (Å²) in [5, 5.41) is 0. The molecule has 13 heavy (non-hydrogen) atoms. The Labute approximate surface area is 79.0 Å². The van der Waals surface area contributed by atoms with Crippen LogP contribution >= 0.6 is 0 Å². The van der Waals surface area contributed by atoms with Crippen LogP contribution in [0.5, 0.6) is 0 Å². The zero-order valence-corrected chi connectivity index (χ0v) is 9.07. The fourth-order valence-electron chi connectivity index (χ4n) is 1.29. The lowest BCUT2D eigenvalue weighted by Gasteiger charge is -2.26. The first-order valence-electron chi connectivity index (χ1n) is 4.39. The van der Waals surface area contributed by atoms with E-state index in [1.165, 1.54) is 4.31 Å². The zero-order valence-electron chi connectivity index (χ0n) is 8.25. The van der Waals surface area contributed by atoms with Crippen LogP contribution in [-0.2, 0) is 10.0 Å². The maximum absolute atomic E-state index is 12.8. The van der Waals surface area contributed by atoms with E-state index >= 15 is 0 Å². The van der Waals surface area contributed by atoms with Crippen molar-refractivity contribution in [3.05, 3.63) is 0 Å². The number of hydrogen-bond donors (Lipinski definition) is 0. The highest BCUT2D eigenvalue weighted by molar-refractivity contribution is 7.90. The smallest absolute Gasteiger partial charge is 0.219 e. The van der Waals surface area contributed by atoms with Gasteiger partial charge in [0.1, 0.15) is 6.17 Å². The Morgan fingerprint density at radius 2 is 1.92 bits per heavy atom. The fourth-order valence-corrected chi connectivity index (χ4v) is 2.77. The Balaban J connectivity index is 2.84. The Kier molecular flexibility index (Phi) is 2.69. The molecule has 0 N–H and O–H groups in total. The second kappa shape index (κ2) is 3.20. The van der Waals surface area contributed by atoms with Gasteiger partial charge in [-0.25, -0.2) is 12.8 Å². The van der Waals surface area contributed by atoms with Crippen LogP contribution in [0, 0.1) is 0 Å². The molecule has 1 aliphatic rings. The van der Waals surface area contributed by atoms with Crippen LogP contribution in [-0.4, -0.2) is 36.7 Å². The molecule has 0 aromatic rings. The van der Waals surface area contributed by atoms with Gasteiger partial charge in [-0.2, -0.15) is 4.31 Å². The van der Waals surface area contributed by atoms with E-state index in [1.54, 1.807) is 20.8 Å². The lowest BCUT2D eigenvalue weighted by molar-refractivity contribution is 0.340. The second-order valence-electron chi connectivity index (χ2n) is 4.36. The molecule has 1 aliphatic heterocycles. The highest BCUT2D eigenvalue weighted by Gasteiger charge is 2.39. The average molecular weight is 209 g/mol. The van der Waals surface area contributed by atoms with E-state index in [2.05, 4.69) is 0 Å². The van der Waals surface area contributed by atoms with Crippen molar-refractivity contribution >= 4 is 10.0 Å². The third-order valence-electron chi connectivity index (χ3n) is 2.21. The number of rotatable bonds is 1. The lowest BCUT2D eigenvalue weighted by Crippen LogP contribution is -2.41. The normalized spacial score (nSPS) is 26.6. The monoisotopic (exact) mass is 209 g/mol. The summed E-state index contributed by atoms with van der Waals surface area (Å²) in [6.45, 7) is 5.25. The molecule has 0 radical (unpaired) electrons. The molecule has 1 rings (SSSR count). The number of halogens is 1. The van der Waals surface area contributed by atoms with E-state index in [0.29, 0.717) is 13.0 Å². The minimum Gasteiger partial charge on any atom is -0.246 e. The molecule has 1 atom stereocenters. The summed E-state index contributed by atoms with van der Waals surface area (Å²) in [7, 11) is -3.32. The Morgan fingerprint density at radius 3 is 2.23 bits per heavy atom. The summed E-state index contributed by atoms with van der Waals surface area (Å²) < 4.78 is 36.7. The molecule has 3 nitrogen and oxygen atoms in total. The highest BCUT2D eigenvalue weighted by atomic mass is 32.2. The number of alkyl halides is 1. The maximum Gasteiger partial charge on any atom is 0.219 e. The van der Waals surface area contributed by atoms with Gasteiger partial charge in [0.2, 0.25) is 10.0 Å². The van der Waals surface area contributed by atoms with Crippen molar-refractivity contribution in [2.75, 3.05) is 13.1 Å². The van der Waals surface area contributed by atoms with Crippen LogP contribution in [0.25, 0.3) is 0 Å². The van der Waals surface area contributed by atoms with Gasteiger partial charge in [0.05, 0.1) is 4.75 Å². The zero-order chi connectivity index (χ0) is 10.3. The molecule has 0 aliphatic carbocycles. The summed E-state index contributed by atoms with van der Waals surface area (Å²) in [6, 6.07) is 0. The first kappa shape index (κ1) is 10.9. The van der Waals surface area contributed by atoms with Gasteiger partial charge in [-0.1, -0.05) is 0 Å². The van der Waals surface area contributed by atoms with E-state index in [1.807, 2.05) is 0 Å². The third-order valence-corrected chi connectivity index (χ3v) is 4.77. The number of nitrogens with zero attached hydrogens (tertiary/aromatic N) is 1. The predicted octanol–water partition coefficient (Wildman–Crippen LogP) is 1.16. The molecule has 0 aromatic heterocycles. The topological polar surface area (TPSA) is 37.4 Å². The molecule has 78 valence electrons. The van der Waals surface area contributed by atoms with Gasteiger partial charge in [0.25, 0.3) is 0 Å². The quantitative estimate of drug-likeness (QED) is 0.650. The van der Waals surface area contributed by atoms with Gasteiger partial charge >= 0.3 is 0 Å². The van der Waals surface area contributed by atoms with Crippen LogP contribution in [0.2, 0.25) is 0 Å². The molecule has 1 fully saturated rings. The second-order valence-corrected chi connectivity index (χ2v) is 7.05. The van der Waals surface area contributed by atoms with Crippen molar-refractivity contribution in [1.29, 1.82) is 0 Å². The van der Waals surface area contributed by atoms with Crippen molar-refractivity contribution in [3.63, 3.8) is 0 Å². The highest BCUT2D eigenvalue weighted by Crippen LogP contribution is 2.25. The SMILES string of the molecule is CC(C)(C)S(=O)(=O)N1CC[C@@H](F)C1. The Bertz CT molecular complexity index is 281. The Hall–Kier alpha value is -0.160. The van der Waals surface area contributed by atoms with Gasteiger partial charge in [-0.3, -0.25) is 0 Å². The van der Waals surface area contributed by atoms with Crippen LogP contribution in [0.1, 0.15) is 27.2 Å². The van der Waals surface area contributed by atoms with E-state index < -0.39 is 20.9 Å². The largest absolute Gasteiger partial charge is 0.246 e. The minimum atomic E-state index is -3.32. The van der Waals surface area contributed by atoms with Crippen molar-refractivity contribution < 1.29 is 12.8 Å². The van der Waals surface area contributed by atoms with E-state index in [-0.39, 0.29) is 6.54 Å². The van der Waals surface area contributed by atoms with Crippen molar-refractivity contribution in [1.82, 2.24) is 4.31 Å².